The number of hydrogen-bond donors (Lipinski definition) is 1. The fourth-order valence-electron chi connectivity index (χ4n) is 2.59. The van der Waals surface area contributed by atoms with E-state index in [1.165, 1.54) is 35.6 Å². The van der Waals surface area contributed by atoms with Crippen LogP contribution in [0.25, 0.3) is 0 Å². The first-order valence-electron chi connectivity index (χ1n) is 8.09. The number of sulfonamides is 1. The van der Waals surface area contributed by atoms with Crippen molar-refractivity contribution in [3.63, 3.8) is 0 Å². The molecule has 1 heterocycles. The van der Waals surface area contributed by atoms with Crippen LogP contribution in [-0.4, -0.2) is 23.1 Å². The van der Waals surface area contributed by atoms with Crippen molar-refractivity contribution in [2.75, 3.05) is 6.26 Å². The van der Waals surface area contributed by atoms with Gasteiger partial charge in [-0.3, -0.25) is 0 Å². The number of rotatable bonds is 6. The van der Waals surface area contributed by atoms with Gasteiger partial charge in [-0.25, -0.2) is 16.8 Å². The SMILES string of the molecule is Cc1ccc([C@H](NS(=O)(=O)c2ccc(S(C)(=O)=O)cc2)c2cccs2)cc1. The Morgan fingerprint density at radius 3 is 1.96 bits per heavy atom. The molecule has 142 valence electrons. The largest absolute Gasteiger partial charge is 0.241 e. The first-order chi connectivity index (χ1) is 12.7. The summed E-state index contributed by atoms with van der Waals surface area (Å²) in [6, 6.07) is 16.1. The predicted molar refractivity (Wildman–Crippen MR) is 107 cm³/mol. The number of aryl methyl sites for hydroxylation is 1. The van der Waals surface area contributed by atoms with Gasteiger partial charge >= 0.3 is 0 Å². The second-order valence-corrected chi connectivity index (χ2v) is 10.9. The van der Waals surface area contributed by atoms with Crippen LogP contribution in [0.2, 0.25) is 0 Å². The Labute approximate surface area is 163 Å². The van der Waals surface area contributed by atoms with Crippen LogP contribution < -0.4 is 4.72 Å². The minimum Gasteiger partial charge on any atom is -0.224 e. The highest BCUT2D eigenvalue weighted by Crippen LogP contribution is 2.28. The standard InChI is InChI=1S/C19H19NO4S3/c1-14-5-7-15(8-6-14)19(18-4-3-13-25-18)20-27(23,24)17-11-9-16(10-12-17)26(2,21)22/h3-13,19-20H,1-2H3/t19-/m0/s1. The smallest absolute Gasteiger partial charge is 0.224 e. The Hall–Kier alpha value is -2.00. The highest BCUT2D eigenvalue weighted by molar-refractivity contribution is 7.90. The van der Waals surface area contributed by atoms with Crippen LogP contribution in [0.3, 0.4) is 0 Å². The zero-order chi connectivity index (χ0) is 19.7. The van der Waals surface area contributed by atoms with E-state index in [2.05, 4.69) is 4.72 Å². The first-order valence-corrected chi connectivity index (χ1v) is 12.3. The molecule has 0 saturated heterocycles. The van der Waals surface area contributed by atoms with Crippen LogP contribution in [0.15, 0.2) is 75.8 Å². The summed E-state index contributed by atoms with van der Waals surface area (Å²) in [5.41, 5.74) is 1.92. The van der Waals surface area contributed by atoms with E-state index in [1.54, 1.807) is 0 Å². The molecule has 0 bridgehead atoms. The summed E-state index contributed by atoms with van der Waals surface area (Å²) < 4.78 is 51.7. The maximum Gasteiger partial charge on any atom is 0.241 e. The molecule has 1 N–H and O–H groups in total. The van der Waals surface area contributed by atoms with Crippen LogP contribution in [0.4, 0.5) is 0 Å². The Morgan fingerprint density at radius 1 is 0.852 bits per heavy atom. The van der Waals surface area contributed by atoms with Crippen LogP contribution in [0, 0.1) is 6.92 Å². The monoisotopic (exact) mass is 421 g/mol. The van der Waals surface area contributed by atoms with Gasteiger partial charge in [-0.15, -0.1) is 11.3 Å². The Morgan fingerprint density at radius 2 is 1.44 bits per heavy atom. The first kappa shape index (κ1) is 19.8. The molecule has 3 rings (SSSR count). The van der Waals surface area contributed by atoms with Gasteiger partial charge in [0.05, 0.1) is 15.8 Å². The summed E-state index contributed by atoms with van der Waals surface area (Å²) in [5, 5.41) is 1.89. The predicted octanol–water partition coefficient (Wildman–Crippen LogP) is 3.53. The summed E-state index contributed by atoms with van der Waals surface area (Å²) in [7, 11) is -7.23. The van der Waals surface area contributed by atoms with Gasteiger partial charge in [-0.05, 0) is 48.2 Å². The molecule has 0 aliphatic rings. The molecule has 1 aromatic heterocycles. The van der Waals surface area contributed by atoms with Gasteiger partial charge in [0.2, 0.25) is 10.0 Å². The fourth-order valence-corrected chi connectivity index (χ4v) is 5.31. The zero-order valence-electron chi connectivity index (χ0n) is 14.8. The van der Waals surface area contributed by atoms with Crippen molar-refractivity contribution in [2.24, 2.45) is 0 Å². The third-order valence-electron chi connectivity index (χ3n) is 4.07. The molecule has 0 unspecified atom stereocenters. The average molecular weight is 422 g/mol. The van der Waals surface area contributed by atoms with Gasteiger partial charge < -0.3 is 0 Å². The Balaban J connectivity index is 1.96. The quantitative estimate of drug-likeness (QED) is 0.660. The second kappa shape index (κ2) is 7.55. The van der Waals surface area contributed by atoms with Gasteiger partial charge in [0.25, 0.3) is 0 Å². The van der Waals surface area contributed by atoms with Crippen LogP contribution in [-0.2, 0) is 19.9 Å². The molecule has 8 heteroatoms. The normalized spacial score (nSPS) is 13.4. The van der Waals surface area contributed by atoms with E-state index >= 15 is 0 Å². The van der Waals surface area contributed by atoms with Gasteiger partial charge in [0, 0.05) is 11.1 Å². The maximum atomic E-state index is 12.9. The van der Waals surface area contributed by atoms with Gasteiger partial charge in [-0.1, -0.05) is 35.9 Å². The second-order valence-electron chi connectivity index (χ2n) is 6.22. The molecule has 0 amide bonds. The average Bonchev–Trinajstić information content (AvgIpc) is 3.14. The number of benzene rings is 2. The van der Waals surface area contributed by atoms with Crippen LogP contribution in [0.5, 0.6) is 0 Å². The lowest BCUT2D eigenvalue weighted by Crippen LogP contribution is -2.29. The minimum absolute atomic E-state index is 0.0172. The highest BCUT2D eigenvalue weighted by Gasteiger charge is 2.24. The van der Waals surface area contributed by atoms with Crippen LogP contribution >= 0.6 is 11.3 Å². The molecule has 0 aliphatic heterocycles. The maximum absolute atomic E-state index is 12.9. The minimum atomic E-state index is -3.84. The zero-order valence-corrected chi connectivity index (χ0v) is 17.2. The lowest BCUT2D eigenvalue weighted by molar-refractivity contribution is 0.572. The van der Waals surface area contributed by atoms with Crippen molar-refractivity contribution >= 4 is 31.2 Å². The lowest BCUT2D eigenvalue weighted by Gasteiger charge is -2.18. The van der Waals surface area contributed by atoms with E-state index in [-0.39, 0.29) is 9.79 Å². The molecule has 27 heavy (non-hydrogen) atoms. The number of nitrogens with one attached hydrogen (secondary N) is 1. The molecule has 0 saturated carbocycles. The van der Waals surface area contributed by atoms with E-state index in [9.17, 15) is 16.8 Å². The molecule has 3 aromatic rings. The summed E-state index contributed by atoms with van der Waals surface area (Å²) >= 11 is 1.47. The number of sulfone groups is 1. The summed E-state index contributed by atoms with van der Waals surface area (Å²) in [5.74, 6) is 0. The van der Waals surface area contributed by atoms with Crippen molar-refractivity contribution in [3.05, 3.63) is 82.0 Å². The number of thiophene rings is 1. The molecule has 5 nitrogen and oxygen atoms in total. The molecule has 0 spiro atoms. The Kier molecular flexibility index (Phi) is 5.53. The summed E-state index contributed by atoms with van der Waals surface area (Å²) in [4.78, 5) is 0.966. The van der Waals surface area contributed by atoms with Crippen molar-refractivity contribution in [2.45, 2.75) is 22.8 Å². The van der Waals surface area contributed by atoms with Crippen molar-refractivity contribution < 1.29 is 16.8 Å². The van der Waals surface area contributed by atoms with Crippen LogP contribution in [0.1, 0.15) is 22.0 Å². The van der Waals surface area contributed by atoms with Crippen molar-refractivity contribution in [1.82, 2.24) is 4.72 Å². The van der Waals surface area contributed by atoms with Crippen molar-refractivity contribution in [1.29, 1.82) is 0 Å². The molecular formula is C19H19NO4S3. The van der Waals surface area contributed by atoms with Gasteiger partial charge in [-0.2, -0.15) is 4.72 Å². The number of hydrogen-bond acceptors (Lipinski definition) is 5. The summed E-state index contributed by atoms with van der Waals surface area (Å²) in [6.07, 6.45) is 1.08. The Bertz CT molecular complexity index is 1120. The van der Waals surface area contributed by atoms with Gasteiger partial charge in [0.15, 0.2) is 9.84 Å². The van der Waals surface area contributed by atoms with E-state index in [0.717, 1.165) is 22.3 Å². The highest BCUT2D eigenvalue weighted by atomic mass is 32.2. The molecule has 1 atom stereocenters. The summed E-state index contributed by atoms with van der Waals surface area (Å²) in [6.45, 7) is 1.97. The fraction of sp³-hybridized carbons (Fsp3) is 0.158. The van der Waals surface area contributed by atoms with E-state index in [4.69, 9.17) is 0 Å². The molecule has 2 aromatic carbocycles. The lowest BCUT2D eigenvalue weighted by atomic mass is 10.0. The van der Waals surface area contributed by atoms with Crippen molar-refractivity contribution in [3.8, 4) is 0 Å². The van der Waals surface area contributed by atoms with E-state index in [1.807, 2.05) is 48.7 Å². The van der Waals surface area contributed by atoms with Gasteiger partial charge in [0.1, 0.15) is 0 Å². The molecule has 0 radical (unpaired) electrons. The third-order valence-corrected chi connectivity index (χ3v) is 7.58. The van der Waals surface area contributed by atoms with E-state index < -0.39 is 25.9 Å². The molecular weight excluding hydrogens is 402 g/mol. The topological polar surface area (TPSA) is 80.3 Å². The molecule has 0 aliphatic carbocycles. The third kappa shape index (κ3) is 4.65. The van der Waals surface area contributed by atoms with E-state index in [0.29, 0.717) is 0 Å². The molecule has 0 fully saturated rings.